The number of anilines is 1. The van der Waals surface area contributed by atoms with Gasteiger partial charge >= 0.3 is 0 Å². The molecule has 27 heavy (non-hydrogen) atoms. The van der Waals surface area contributed by atoms with Crippen LogP contribution in [0.5, 0.6) is 5.88 Å². The lowest BCUT2D eigenvalue weighted by atomic mass is 9.96. The van der Waals surface area contributed by atoms with Gasteiger partial charge in [-0.05, 0) is 64.3 Å². The second-order valence-corrected chi connectivity index (χ2v) is 7.42. The van der Waals surface area contributed by atoms with Gasteiger partial charge in [0, 0.05) is 36.2 Å². The summed E-state index contributed by atoms with van der Waals surface area (Å²) in [7, 11) is 1.56. The fraction of sp³-hybridized carbons (Fsp3) is 0.524. The Morgan fingerprint density at radius 2 is 2.00 bits per heavy atom. The number of nitrogens with one attached hydrogen (secondary N) is 1. The number of nitrogens with zero attached hydrogens (tertiary/aromatic N) is 3. The summed E-state index contributed by atoms with van der Waals surface area (Å²) in [5.74, 6) is 0.701. The molecular formula is C21H29FN4O. The largest absolute Gasteiger partial charge is 0.481 e. The van der Waals surface area contributed by atoms with Gasteiger partial charge in [0.2, 0.25) is 5.88 Å². The minimum absolute atomic E-state index is 0.0756. The molecule has 1 aliphatic heterocycles. The third-order valence-corrected chi connectivity index (χ3v) is 5.23. The van der Waals surface area contributed by atoms with Crippen molar-refractivity contribution in [3.8, 4) is 5.88 Å². The minimum atomic E-state index is -0.272. The average Bonchev–Trinajstić information content (AvgIpc) is 2.66. The lowest BCUT2D eigenvalue weighted by Crippen LogP contribution is -2.40. The van der Waals surface area contributed by atoms with Crippen molar-refractivity contribution >= 4 is 5.69 Å². The van der Waals surface area contributed by atoms with E-state index < -0.39 is 0 Å². The fourth-order valence-electron chi connectivity index (χ4n) is 3.83. The lowest BCUT2D eigenvalue weighted by molar-refractivity contribution is 0.131. The monoisotopic (exact) mass is 372 g/mol. The zero-order chi connectivity index (χ0) is 19.4. The van der Waals surface area contributed by atoms with E-state index in [1.807, 2.05) is 20.8 Å². The standard InChI is InChI=1S/C21H29FN4O/c1-14-10-18(11-15(2)24-14)23-12-17-6-5-9-26(13-17)16(3)21-19(22)7-8-20(25-21)27-4/h7-8,10-11,16-17H,5-6,9,12-13H2,1-4H3,(H,23,24). The van der Waals surface area contributed by atoms with E-state index in [1.165, 1.54) is 12.5 Å². The number of piperidine rings is 1. The summed E-state index contributed by atoms with van der Waals surface area (Å²) in [4.78, 5) is 11.1. The molecule has 0 spiro atoms. The van der Waals surface area contributed by atoms with Crippen LogP contribution < -0.4 is 10.1 Å². The quantitative estimate of drug-likeness (QED) is 0.826. The maximum absolute atomic E-state index is 14.3. The SMILES string of the molecule is COc1ccc(F)c(C(C)N2CCCC(CNc3cc(C)nc(C)c3)C2)n1. The molecule has 1 fully saturated rings. The molecule has 3 rings (SSSR count). The average molecular weight is 372 g/mol. The normalized spacial score (nSPS) is 18.9. The van der Waals surface area contributed by atoms with Crippen LogP contribution in [0.4, 0.5) is 10.1 Å². The van der Waals surface area contributed by atoms with E-state index in [9.17, 15) is 4.39 Å². The van der Waals surface area contributed by atoms with Gasteiger partial charge in [-0.25, -0.2) is 9.37 Å². The maximum atomic E-state index is 14.3. The number of methoxy groups -OCH3 is 1. The molecule has 2 atom stereocenters. The molecule has 2 aromatic heterocycles. The van der Waals surface area contributed by atoms with Gasteiger partial charge in [-0.3, -0.25) is 9.88 Å². The molecule has 146 valence electrons. The van der Waals surface area contributed by atoms with Crippen LogP contribution in [-0.4, -0.2) is 41.6 Å². The predicted octanol–water partition coefficient (Wildman–Crippen LogP) is 4.13. The molecule has 5 nitrogen and oxygen atoms in total. The molecule has 0 radical (unpaired) electrons. The highest BCUT2D eigenvalue weighted by atomic mass is 19.1. The molecule has 1 aliphatic rings. The summed E-state index contributed by atoms with van der Waals surface area (Å²) >= 11 is 0. The van der Waals surface area contributed by atoms with E-state index in [4.69, 9.17) is 4.74 Å². The Hall–Kier alpha value is -2.21. The summed E-state index contributed by atoms with van der Waals surface area (Å²) < 4.78 is 19.5. The first-order chi connectivity index (χ1) is 13.0. The zero-order valence-electron chi connectivity index (χ0n) is 16.6. The second kappa shape index (κ2) is 8.65. The maximum Gasteiger partial charge on any atom is 0.213 e. The number of likely N-dealkylation sites (tertiary alicyclic amines) is 1. The third kappa shape index (κ3) is 4.95. The molecule has 1 saturated heterocycles. The predicted molar refractivity (Wildman–Crippen MR) is 106 cm³/mol. The van der Waals surface area contributed by atoms with Crippen LogP contribution in [-0.2, 0) is 0 Å². The zero-order valence-corrected chi connectivity index (χ0v) is 16.6. The highest BCUT2D eigenvalue weighted by Crippen LogP contribution is 2.28. The van der Waals surface area contributed by atoms with Crippen LogP contribution in [0.15, 0.2) is 24.3 Å². The van der Waals surface area contributed by atoms with Gasteiger partial charge in [-0.2, -0.15) is 0 Å². The first kappa shape index (κ1) is 19.5. The van der Waals surface area contributed by atoms with Crippen molar-refractivity contribution < 1.29 is 9.13 Å². The molecule has 2 aromatic rings. The summed E-state index contributed by atoms with van der Waals surface area (Å²) in [6.45, 7) is 8.84. The van der Waals surface area contributed by atoms with Crippen LogP contribution in [0.1, 0.15) is 42.9 Å². The Bertz CT molecular complexity index is 763. The van der Waals surface area contributed by atoms with Crippen molar-refractivity contribution in [1.82, 2.24) is 14.9 Å². The smallest absolute Gasteiger partial charge is 0.213 e. The molecule has 0 aromatic carbocycles. The summed E-state index contributed by atoms with van der Waals surface area (Å²) in [5.41, 5.74) is 3.63. The van der Waals surface area contributed by atoms with Crippen molar-refractivity contribution in [3.05, 3.63) is 47.2 Å². The van der Waals surface area contributed by atoms with Crippen LogP contribution in [0.25, 0.3) is 0 Å². The minimum Gasteiger partial charge on any atom is -0.481 e. The van der Waals surface area contributed by atoms with E-state index in [0.29, 0.717) is 17.5 Å². The third-order valence-electron chi connectivity index (χ3n) is 5.23. The Morgan fingerprint density at radius 1 is 1.26 bits per heavy atom. The summed E-state index contributed by atoms with van der Waals surface area (Å²) in [6.07, 6.45) is 2.28. The molecule has 0 amide bonds. The van der Waals surface area contributed by atoms with Crippen LogP contribution in [0, 0.1) is 25.6 Å². The Kier molecular flexibility index (Phi) is 6.26. The van der Waals surface area contributed by atoms with E-state index in [-0.39, 0.29) is 11.9 Å². The van der Waals surface area contributed by atoms with Crippen molar-refractivity contribution in [2.24, 2.45) is 5.92 Å². The number of ether oxygens (including phenoxy) is 1. The molecular weight excluding hydrogens is 343 g/mol. The number of rotatable bonds is 6. The highest BCUT2D eigenvalue weighted by molar-refractivity contribution is 5.45. The lowest BCUT2D eigenvalue weighted by Gasteiger charge is -2.36. The number of pyridine rings is 2. The van der Waals surface area contributed by atoms with E-state index >= 15 is 0 Å². The molecule has 0 saturated carbocycles. The summed E-state index contributed by atoms with van der Waals surface area (Å²) in [5, 5.41) is 3.55. The van der Waals surface area contributed by atoms with Gasteiger partial charge in [0.25, 0.3) is 0 Å². The van der Waals surface area contributed by atoms with Crippen LogP contribution >= 0.6 is 0 Å². The number of hydrogen-bond acceptors (Lipinski definition) is 5. The van der Waals surface area contributed by atoms with Crippen LogP contribution in [0.2, 0.25) is 0 Å². The van der Waals surface area contributed by atoms with Crippen molar-refractivity contribution in [2.75, 3.05) is 32.1 Å². The van der Waals surface area contributed by atoms with Crippen molar-refractivity contribution in [1.29, 1.82) is 0 Å². The molecule has 6 heteroatoms. The van der Waals surface area contributed by atoms with E-state index in [1.54, 1.807) is 13.2 Å². The van der Waals surface area contributed by atoms with Gasteiger partial charge in [0.05, 0.1) is 18.8 Å². The van der Waals surface area contributed by atoms with Crippen LogP contribution in [0.3, 0.4) is 0 Å². The van der Waals surface area contributed by atoms with E-state index in [2.05, 4.69) is 32.3 Å². The van der Waals surface area contributed by atoms with Gasteiger partial charge in [0.1, 0.15) is 5.82 Å². The van der Waals surface area contributed by atoms with Gasteiger partial charge in [-0.1, -0.05) is 0 Å². The van der Waals surface area contributed by atoms with Gasteiger partial charge < -0.3 is 10.1 Å². The first-order valence-corrected chi connectivity index (χ1v) is 9.60. The number of aromatic nitrogens is 2. The first-order valence-electron chi connectivity index (χ1n) is 9.60. The van der Waals surface area contributed by atoms with Gasteiger partial charge in [0.15, 0.2) is 0 Å². The van der Waals surface area contributed by atoms with Crippen molar-refractivity contribution in [2.45, 2.75) is 39.7 Å². The molecule has 0 bridgehead atoms. The van der Waals surface area contributed by atoms with E-state index in [0.717, 1.165) is 43.1 Å². The highest BCUT2D eigenvalue weighted by Gasteiger charge is 2.27. The Labute approximate surface area is 161 Å². The number of halogens is 1. The Balaban J connectivity index is 1.63. The Morgan fingerprint density at radius 3 is 2.70 bits per heavy atom. The molecule has 1 N–H and O–H groups in total. The summed E-state index contributed by atoms with van der Waals surface area (Å²) in [6, 6.07) is 7.08. The second-order valence-electron chi connectivity index (χ2n) is 7.42. The topological polar surface area (TPSA) is 50.3 Å². The molecule has 2 unspecified atom stereocenters. The number of aryl methyl sites for hydroxylation is 2. The number of hydrogen-bond donors (Lipinski definition) is 1. The van der Waals surface area contributed by atoms with Crippen molar-refractivity contribution in [3.63, 3.8) is 0 Å². The fourth-order valence-corrected chi connectivity index (χ4v) is 3.83. The molecule has 0 aliphatic carbocycles. The molecule has 3 heterocycles. The van der Waals surface area contributed by atoms with Gasteiger partial charge in [-0.15, -0.1) is 0 Å².